The number of ether oxygens (including phenoxy) is 1. The van der Waals surface area contributed by atoms with Gasteiger partial charge in [-0.2, -0.15) is 0 Å². The van der Waals surface area contributed by atoms with Crippen LogP contribution in [0.15, 0.2) is 24.3 Å². The fourth-order valence-electron chi connectivity index (χ4n) is 10.4. The number of hydrogen-bond donors (Lipinski definition) is 3. The van der Waals surface area contributed by atoms with Crippen molar-refractivity contribution >= 4 is 11.9 Å². The number of rotatable bonds is 62. The molecule has 0 radical (unpaired) electrons. The zero-order valence-electron chi connectivity index (χ0n) is 49.4. The first-order valence-electron chi connectivity index (χ1n) is 33.1. The summed E-state index contributed by atoms with van der Waals surface area (Å²) in [6.45, 7) is 4.96. The van der Waals surface area contributed by atoms with Gasteiger partial charge < -0.3 is 20.3 Å². The number of aliphatic hydroxyl groups is 2. The molecular formula is C67H129NO5. The number of allylic oxidation sites excluding steroid dienone is 4. The number of nitrogens with one attached hydrogen (secondary N) is 1. The van der Waals surface area contributed by atoms with Crippen LogP contribution < -0.4 is 5.32 Å². The van der Waals surface area contributed by atoms with E-state index >= 15 is 0 Å². The average Bonchev–Trinajstić information content (AvgIpc) is 3.39. The van der Waals surface area contributed by atoms with E-state index in [1.165, 1.54) is 289 Å². The Balaban J connectivity index is 3.36. The van der Waals surface area contributed by atoms with Gasteiger partial charge in [-0.3, -0.25) is 9.59 Å². The SMILES string of the molecule is CCCCCCCCCCCCCCCCCC(=O)OCCCCCCCCCCC/C=C\C/C=C\CCCCCCCCCCCCCCCCCC(=O)NC(CO)C(O)CCCCCCCCCCCC. The molecule has 0 saturated carbocycles. The van der Waals surface area contributed by atoms with Gasteiger partial charge in [0.15, 0.2) is 0 Å². The summed E-state index contributed by atoms with van der Waals surface area (Å²) in [4.78, 5) is 24.5. The molecule has 6 nitrogen and oxygen atoms in total. The van der Waals surface area contributed by atoms with Crippen molar-refractivity contribution in [2.75, 3.05) is 13.2 Å². The van der Waals surface area contributed by atoms with Gasteiger partial charge in [0, 0.05) is 12.8 Å². The third-order valence-electron chi connectivity index (χ3n) is 15.5. The second-order valence-corrected chi connectivity index (χ2v) is 22.8. The number of esters is 1. The molecule has 0 bridgehead atoms. The molecule has 0 aromatic carbocycles. The van der Waals surface area contributed by atoms with E-state index in [-0.39, 0.29) is 18.5 Å². The van der Waals surface area contributed by atoms with Crippen molar-refractivity contribution in [3.05, 3.63) is 24.3 Å². The van der Waals surface area contributed by atoms with Crippen LogP contribution in [0.3, 0.4) is 0 Å². The highest BCUT2D eigenvalue weighted by atomic mass is 16.5. The highest BCUT2D eigenvalue weighted by Gasteiger charge is 2.20. The lowest BCUT2D eigenvalue weighted by molar-refractivity contribution is -0.143. The first-order chi connectivity index (χ1) is 36.0. The maximum Gasteiger partial charge on any atom is 0.305 e. The van der Waals surface area contributed by atoms with Crippen molar-refractivity contribution in [2.24, 2.45) is 0 Å². The van der Waals surface area contributed by atoms with Crippen LogP contribution in [0.1, 0.15) is 367 Å². The summed E-state index contributed by atoms with van der Waals surface area (Å²) in [5.74, 6) is -0.0182. The average molecular weight is 1030 g/mol. The smallest absolute Gasteiger partial charge is 0.305 e. The second kappa shape index (κ2) is 62.9. The molecule has 0 aliphatic heterocycles. The minimum absolute atomic E-state index is 0.0164. The van der Waals surface area contributed by atoms with Gasteiger partial charge in [-0.25, -0.2) is 0 Å². The van der Waals surface area contributed by atoms with Crippen molar-refractivity contribution in [1.82, 2.24) is 5.32 Å². The summed E-state index contributed by atoms with van der Waals surface area (Å²) in [6, 6.07) is -0.539. The van der Waals surface area contributed by atoms with Gasteiger partial charge in [-0.05, 0) is 57.8 Å². The standard InChI is InChI=1S/C67H129NO5/c1-3-5-7-9-11-13-15-16-34-38-41-45-49-53-57-61-67(72)73-62-58-54-50-46-42-39-36-33-31-29-27-25-23-21-19-17-18-20-22-24-26-28-30-32-35-37-40-44-48-52-56-60-66(71)68-64(63-69)65(70)59-55-51-47-43-14-12-10-8-6-4-2/h19,21,25,27,64-65,69-70H,3-18,20,22-24,26,28-63H2,1-2H3,(H,68,71)/b21-19-,27-25-. The molecule has 0 saturated heterocycles. The molecule has 0 rings (SSSR count). The van der Waals surface area contributed by atoms with Gasteiger partial charge in [0.1, 0.15) is 0 Å². The summed E-state index contributed by atoms with van der Waals surface area (Å²) in [5.41, 5.74) is 0. The van der Waals surface area contributed by atoms with Crippen molar-refractivity contribution in [1.29, 1.82) is 0 Å². The molecule has 0 aromatic heterocycles. The highest BCUT2D eigenvalue weighted by Crippen LogP contribution is 2.18. The fourth-order valence-corrected chi connectivity index (χ4v) is 10.4. The van der Waals surface area contributed by atoms with E-state index in [2.05, 4.69) is 43.5 Å². The lowest BCUT2D eigenvalue weighted by atomic mass is 10.0. The zero-order valence-corrected chi connectivity index (χ0v) is 49.4. The van der Waals surface area contributed by atoms with Crippen LogP contribution in [0, 0.1) is 0 Å². The maximum absolute atomic E-state index is 12.4. The zero-order chi connectivity index (χ0) is 52.9. The van der Waals surface area contributed by atoms with Crippen LogP contribution >= 0.6 is 0 Å². The van der Waals surface area contributed by atoms with E-state index in [9.17, 15) is 19.8 Å². The molecule has 0 aliphatic carbocycles. The molecule has 0 spiro atoms. The lowest BCUT2D eigenvalue weighted by Gasteiger charge is -2.22. The Bertz CT molecular complexity index is 1140. The van der Waals surface area contributed by atoms with Crippen LogP contribution in [-0.2, 0) is 14.3 Å². The third-order valence-corrected chi connectivity index (χ3v) is 15.5. The number of aliphatic hydroxyl groups excluding tert-OH is 2. The first-order valence-corrected chi connectivity index (χ1v) is 33.1. The van der Waals surface area contributed by atoms with E-state index in [1.807, 2.05) is 0 Å². The molecular weight excluding hydrogens is 899 g/mol. The van der Waals surface area contributed by atoms with Crippen molar-refractivity contribution in [3.63, 3.8) is 0 Å². The third kappa shape index (κ3) is 59.4. The summed E-state index contributed by atoms with van der Waals surface area (Å²) >= 11 is 0. The Morgan fingerprint density at radius 1 is 0.384 bits per heavy atom. The van der Waals surface area contributed by atoms with E-state index in [4.69, 9.17) is 4.74 Å². The Kier molecular flexibility index (Phi) is 61.4. The number of amides is 1. The quantitative estimate of drug-likeness (QED) is 0.0320. The molecule has 2 unspecified atom stereocenters. The van der Waals surface area contributed by atoms with Gasteiger partial charge in [-0.15, -0.1) is 0 Å². The predicted octanol–water partition coefficient (Wildman–Crippen LogP) is 21.0. The second-order valence-electron chi connectivity index (χ2n) is 22.8. The molecule has 3 N–H and O–H groups in total. The minimum atomic E-state index is -0.661. The van der Waals surface area contributed by atoms with Crippen LogP contribution in [0.4, 0.5) is 0 Å². The van der Waals surface area contributed by atoms with Crippen LogP contribution in [-0.4, -0.2) is 47.4 Å². The number of unbranched alkanes of at least 4 members (excludes halogenated alkanes) is 47. The maximum atomic E-state index is 12.4. The minimum Gasteiger partial charge on any atom is -0.466 e. The molecule has 432 valence electrons. The van der Waals surface area contributed by atoms with E-state index < -0.39 is 12.1 Å². The molecule has 0 heterocycles. The summed E-state index contributed by atoms with van der Waals surface area (Å²) in [5, 5.41) is 23.2. The van der Waals surface area contributed by atoms with Crippen LogP contribution in [0.5, 0.6) is 0 Å². The van der Waals surface area contributed by atoms with Gasteiger partial charge in [-0.1, -0.05) is 321 Å². The normalized spacial score (nSPS) is 12.7. The lowest BCUT2D eigenvalue weighted by Crippen LogP contribution is -2.45. The fraction of sp³-hybridized carbons (Fsp3) is 0.910. The Morgan fingerprint density at radius 3 is 1.04 bits per heavy atom. The topological polar surface area (TPSA) is 95.9 Å². The molecule has 2 atom stereocenters. The van der Waals surface area contributed by atoms with Crippen molar-refractivity contribution < 1.29 is 24.5 Å². The van der Waals surface area contributed by atoms with Crippen molar-refractivity contribution in [2.45, 2.75) is 379 Å². The number of carbonyl (C=O) groups excluding carboxylic acids is 2. The molecule has 0 aromatic rings. The number of carbonyl (C=O) groups is 2. The van der Waals surface area contributed by atoms with Crippen LogP contribution in [0.25, 0.3) is 0 Å². The highest BCUT2D eigenvalue weighted by molar-refractivity contribution is 5.76. The van der Waals surface area contributed by atoms with Crippen molar-refractivity contribution in [3.8, 4) is 0 Å². The monoisotopic (exact) mass is 1030 g/mol. The molecule has 0 aliphatic rings. The van der Waals surface area contributed by atoms with Gasteiger partial charge in [0.2, 0.25) is 5.91 Å². The number of hydrogen-bond acceptors (Lipinski definition) is 5. The first kappa shape index (κ1) is 71.3. The molecule has 73 heavy (non-hydrogen) atoms. The predicted molar refractivity (Wildman–Crippen MR) is 320 cm³/mol. The van der Waals surface area contributed by atoms with Crippen LogP contribution in [0.2, 0.25) is 0 Å². The van der Waals surface area contributed by atoms with E-state index in [1.54, 1.807) is 0 Å². The van der Waals surface area contributed by atoms with E-state index in [0.29, 0.717) is 25.9 Å². The summed E-state index contributed by atoms with van der Waals surface area (Å²) < 4.78 is 5.49. The van der Waals surface area contributed by atoms with Gasteiger partial charge in [0.25, 0.3) is 0 Å². The summed E-state index contributed by atoms with van der Waals surface area (Å²) in [7, 11) is 0. The molecule has 6 heteroatoms. The Morgan fingerprint density at radius 2 is 0.685 bits per heavy atom. The van der Waals surface area contributed by atoms with Gasteiger partial charge >= 0.3 is 5.97 Å². The largest absolute Gasteiger partial charge is 0.466 e. The summed E-state index contributed by atoms with van der Waals surface area (Å²) in [6.07, 6.45) is 77.9. The van der Waals surface area contributed by atoms with E-state index in [0.717, 1.165) is 44.9 Å². The molecule has 1 amide bonds. The molecule has 0 fully saturated rings. The van der Waals surface area contributed by atoms with Gasteiger partial charge in [0.05, 0.1) is 25.4 Å². The Labute approximate surface area is 456 Å². The Hall–Kier alpha value is -1.66.